The zero-order chi connectivity index (χ0) is 40.3. The molecule has 1 aromatic carbocycles. The van der Waals surface area contributed by atoms with Crippen LogP contribution in [-0.4, -0.2) is 63.3 Å². The summed E-state index contributed by atoms with van der Waals surface area (Å²) in [6.07, 6.45) is 11.4. The molecular weight excluding hydrogens is 737 g/mol. The topological polar surface area (TPSA) is 179 Å². The molecule has 2 saturated heterocycles. The van der Waals surface area contributed by atoms with Gasteiger partial charge in [-0.05, 0) is 95.2 Å². The van der Waals surface area contributed by atoms with Crippen molar-refractivity contribution in [2.75, 3.05) is 24.1 Å². The predicted octanol–water partition coefficient (Wildman–Crippen LogP) is 5.82. The number of pyridine rings is 2. The molecular formula is C45H51N6O7+. The Kier molecular flexibility index (Phi) is 9.63. The zero-order valence-corrected chi connectivity index (χ0v) is 33.5. The van der Waals surface area contributed by atoms with E-state index in [9.17, 15) is 14.7 Å². The van der Waals surface area contributed by atoms with Crippen LogP contribution in [0.3, 0.4) is 0 Å². The lowest BCUT2D eigenvalue weighted by molar-refractivity contribution is -0.848. The summed E-state index contributed by atoms with van der Waals surface area (Å²) in [5.41, 5.74) is 10.8. The SMILES string of the molecule is CCCCCNc1cc(-c2cc(CCC3OC34CCCC3c5c(cc6oc(C)cc(=O)c6c5O)OC(C)(C)C3OC4=O)cc(N)n2)cc(C[NH+]2C=C3C=CN=C3C2)n1. The van der Waals surface area contributed by atoms with Crippen molar-refractivity contribution in [2.45, 2.75) is 115 Å². The van der Waals surface area contributed by atoms with Crippen LogP contribution in [0.2, 0.25) is 0 Å². The summed E-state index contributed by atoms with van der Waals surface area (Å²) >= 11 is 0. The van der Waals surface area contributed by atoms with E-state index < -0.39 is 23.3 Å². The normalized spacial score (nSPS) is 25.2. The number of rotatable bonds is 11. The summed E-state index contributed by atoms with van der Waals surface area (Å²) in [7, 11) is 0. The van der Waals surface area contributed by atoms with E-state index in [1.807, 2.05) is 32.2 Å². The fourth-order valence-electron chi connectivity index (χ4n) is 9.37. The highest BCUT2D eigenvalue weighted by Gasteiger charge is 2.65. The third kappa shape index (κ3) is 7.04. The van der Waals surface area contributed by atoms with E-state index in [1.54, 1.807) is 13.0 Å². The largest absolute Gasteiger partial charge is 0.507 e. The highest BCUT2D eigenvalue weighted by Crippen LogP contribution is 2.54. The van der Waals surface area contributed by atoms with Crippen molar-refractivity contribution in [1.29, 1.82) is 0 Å². The van der Waals surface area contributed by atoms with Gasteiger partial charge in [0.25, 0.3) is 0 Å². The Morgan fingerprint density at radius 1 is 1.09 bits per heavy atom. The van der Waals surface area contributed by atoms with E-state index in [-0.39, 0.29) is 34.2 Å². The molecule has 0 saturated carbocycles. The molecule has 5 unspecified atom stereocenters. The molecule has 302 valence electrons. The molecule has 8 heterocycles. The molecule has 0 amide bonds. The first-order chi connectivity index (χ1) is 27.9. The molecule has 5 atom stereocenters. The standard InChI is InChI=1S/C45H50N6O7/c1-5-6-7-14-48-38-20-28(19-29(49-38)23-51-22-27-12-15-47-32(27)24-51)31-17-26(18-37(46)50-31)10-11-36-45(58-36)13-8-9-30-39-35(57-44(3,4)42(30)56-43(45)54)21-34-40(41(39)53)33(52)16-25(2)55-34/h12,15-22,30,36,42,53H,5-11,13-14,23-24H2,1-4H3,(H2,46,50)(H,48,49)/p+1. The molecule has 9 rings (SSSR count). The minimum atomic E-state index is -1.06. The van der Waals surface area contributed by atoms with Gasteiger partial charge in [-0.3, -0.25) is 14.7 Å². The number of phenolic OH excluding ortho intramolecular Hbond substituents is 1. The number of phenols is 1. The zero-order valence-electron chi connectivity index (χ0n) is 33.5. The summed E-state index contributed by atoms with van der Waals surface area (Å²) in [5, 5.41) is 15.1. The third-order valence-electron chi connectivity index (χ3n) is 12.2. The average molecular weight is 788 g/mol. The molecule has 1 spiro atoms. The molecule has 2 fully saturated rings. The van der Waals surface area contributed by atoms with Gasteiger partial charge in [-0.15, -0.1) is 0 Å². The van der Waals surface area contributed by atoms with Gasteiger partial charge in [-0.25, -0.2) is 14.8 Å². The number of nitrogens with two attached hydrogens (primary N) is 1. The second-order valence-electron chi connectivity index (χ2n) is 17.0. The van der Waals surface area contributed by atoms with Crippen LogP contribution in [-0.2, 0) is 27.2 Å². The minimum absolute atomic E-state index is 0.0992. The fraction of sp³-hybridized carbons (Fsp3) is 0.444. The average Bonchev–Trinajstić information content (AvgIpc) is 3.49. The van der Waals surface area contributed by atoms with Crippen LogP contribution in [0.15, 0.2) is 74.7 Å². The van der Waals surface area contributed by atoms with Crippen molar-refractivity contribution in [2.24, 2.45) is 4.99 Å². The number of aliphatic imine (C=N–C) groups is 1. The maximum Gasteiger partial charge on any atom is 0.341 e. The van der Waals surface area contributed by atoms with Gasteiger partial charge in [0, 0.05) is 41.9 Å². The number of anilines is 2. The number of benzene rings is 1. The quantitative estimate of drug-likeness (QED) is 0.0818. The number of hydrogen-bond acceptors (Lipinski definition) is 12. The van der Waals surface area contributed by atoms with Crippen molar-refractivity contribution in [1.82, 2.24) is 9.97 Å². The number of nitrogens with one attached hydrogen (secondary N) is 2. The lowest BCUT2D eigenvalue weighted by atomic mass is 9.76. The Balaban J connectivity index is 0.915. The number of unbranched alkanes of at least 4 members (excludes halogenated alkanes) is 2. The second kappa shape index (κ2) is 14.7. The number of quaternary nitrogens is 1. The van der Waals surface area contributed by atoms with Crippen molar-refractivity contribution in [3.8, 4) is 22.8 Å². The van der Waals surface area contributed by atoms with Crippen molar-refractivity contribution < 1.29 is 33.4 Å². The predicted molar refractivity (Wildman–Crippen MR) is 220 cm³/mol. The molecule has 5 aliphatic rings. The third-order valence-corrected chi connectivity index (χ3v) is 12.2. The Morgan fingerprint density at radius 2 is 1.95 bits per heavy atom. The van der Waals surface area contributed by atoms with Crippen LogP contribution in [0.25, 0.3) is 22.2 Å². The van der Waals surface area contributed by atoms with Crippen LogP contribution < -0.4 is 26.1 Å². The molecule has 13 heteroatoms. The number of hydrogen-bond donors (Lipinski definition) is 4. The maximum absolute atomic E-state index is 14.1. The molecule has 0 aliphatic carbocycles. The number of ether oxygens (including phenoxy) is 3. The van der Waals surface area contributed by atoms with Crippen LogP contribution in [0, 0.1) is 6.92 Å². The van der Waals surface area contributed by atoms with Gasteiger partial charge in [0.1, 0.15) is 76.6 Å². The Labute approximate surface area is 337 Å². The monoisotopic (exact) mass is 787 g/mol. The van der Waals surface area contributed by atoms with E-state index in [2.05, 4.69) is 41.6 Å². The number of aromatic hydroxyl groups is 1. The molecule has 0 radical (unpaired) electrons. The summed E-state index contributed by atoms with van der Waals surface area (Å²) in [5.74, 6) is 1.10. The number of nitrogens with zero attached hydrogens (tertiary/aromatic N) is 3. The van der Waals surface area contributed by atoms with Gasteiger partial charge in [0.15, 0.2) is 11.0 Å². The van der Waals surface area contributed by atoms with Crippen LogP contribution in [0.5, 0.6) is 11.5 Å². The van der Waals surface area contributed by atoms with Gasteiger partial charge >= 0.3 is 5.97 Å². The lowest BCUT2D eigenvalue weighted by Gasteiger charge is -2.45. The number of carbonyl (C=O) groups is 1. The molecule has 3 aromatic heterocycles. The lowest BCUT2D eigenvalue weighted by Crippen LogP contribution is -3.05. The van der Waals surface area contributed by atoms with E-state index in [0.29, 0.717) is 61.5 Å². The molecule has 4 aromatic rings. The van der Waals surface area contributed by atoms with Crippen molar-refractivity contribution >= 4 is 34.3 Å². The Hall–Kier alpha value is -5.53. The van der Waals surface area contributed by atoms with Gasteiger partial charge < -0.3 is 34.8 Å². The first kappa shape index (κ1) is 38.0. The number of allylic oxidation sites excluding steroid dienone is 1. The number of aromatic nitrogens is 2. The Bertz CT molecular complexity index is 2470. The summed E-state index contributed by atoms with van der Waals surface area (Å²) in [6, 6.07) is 11.1. The van der Waals surface area contributed by atoms with E-state index >= 15 is 0 Å². The number of carbonyl (C=O) groups excluding carboxylic acids is 1. The summed E-state index contributed by atoms with van der Waals surface area (Å²) < 4.78 is 24.8. The van der Waals surface area contributed by atoms with Crippen LogP contribution in [0.4, 0.5) is 11.6 Å². The van der Waals surface area contributed by atoms with Gasteiger partial charge in [-0.2, -0.15) is 0 Å². The van der Waals surface area contributed by atoms with E-state index in [4.69, 9.17) is 34.3 Å². The number of esters is 1. The van der Waals surface area contributed by atoms with Crippen LogP contribution in [0.1, 0.15) is 94.2 Å². The van der Waals surface area contributed by atoms with E-state index in [0.717, 1.165) is 66.4 Å². The number of fused-ring (bicyclic) bond motifs is 5. The van der Waals surface area contributed by atoms with Gasteiger partial charge in [-0.1, -0.05) is 19.8 Å². The molecule has 13 nitrogen and oxygen atoms in total. The van der Waals surface area contributed by atoms with E-state index in [1.165, 1.54) is 16.5 Å². The highest BCUT2D eigenvalue weighted by molar-refractivity contribution is 6.06. The fourth-order valence-corrected chi connectivity index (χ4v) is 9.37. The first-order valence-corrected chi connectivity index (χ1v) is 20.6. The Morgan fingerprint density at radius 3 is 2.78 bits per heavy atom. The molecule has 0 bridgehead atoms. The van der Waals surface area contributed by atoms with Crippen LogP contribution >= 0.6 is 0 Å². The number of aryl methyl sites for hydroxylation is 2. The first-order valence-electron chi connectivity index (χ1n) is 20.6. The summed E-state index contributed by atoms with van der Waals surface area (Å²) in [6.45, 7) is 10.0. The highest BCUT2D eigenvalue weighted by atomic mass is 16.7. The maximum atomic E-state index is 14.1. The second-order valence-corrected chi connectivity index (χ2v) is 17.0. The number of epoxide rings is 1. The number of nitrogen functional groups attached to an aromatic ring is 1. The molecule has 58 heavy (non-hydrogen) atoms. The smallest absolute Gasteiger partial charge is 0.341 e. The van der Waals surface area contributed by atoms with Crippen molar-refractivity contribution in [3.05, 3.63) is 93.3 Å². The van der Waals surface area contributed by atoms with Gasteiger partial charge in [0.05, 0.1) is 23.1 Å². The van der Waals surface area contributed by atoms with Crippen molar-refractivity contribution in [3.63, 3.8) is 0 Å². The van der Waals surface area contributed by atoms with Gasteiger partial charge in [0.2, 0.25) is 0 Å². The molecule has 5 aliphatic heterocycles. The molecule has 5 N–H and O–H groups in total. The minimum Gasteiger partial charge on any atom is -0.507 e. The summed E-state index contributed by atoms with van der Waals surface area (Å²) in [4.78, 5) is 42.6.